The molecule has 0 radical (unpaired) electrons. The molecule has 2 unspecified atom stereocenters. The van der Waals surface area contributed by atoms with Gasteiger partial charge in [0, 0.05) is 41.7 Å². The number of fused-ring (bicyclic) bond motifs is 1. The van der Waals surface area contributed by atoms with Gasteiger partial charge in [-0.15, -0.1) is 0 Å². The molecule has 0 aliphatic carbocycles. The second-order valence-corrected chi connectivity index (χ2v) is 8.25. The Kier molecular flexibility index (Phi) is 6.24. The second-order valence-electron chi connectivity index (χ2n) is 8.25. The van der Waals surface area contributed by atoms with E-state index >= 15 is 0 Å². The SMILES string of the molecule is COc1ccc(-c2coc3cc(OC)c(/C(C)=C/C(=O)N4CC(C)OC(C)C4)cc23)cc1. The highest BCUT2D eigenvalue weighted by molar-refractivity contribution is 6.00. The number of carbonyl (C=O) groups is 1. The molecule has 6 heteroatoms. The van der Waals surface area contributed by atoms with Crippen LogP contribution < -0.4 is 9.47 Å². The van der Waals surface area contributed by atoms with Gasteiger partial charge in [-0.25, -0.2) is 0 Å². The Morgan fingerprint density at radius 2 is 1.75 bits per heavy atom. The van der Waals surface area contributed by atoms with Gasteiger partial charge in [-0.3, -0.25) is 4.79 Å². The molecule has 1 saturated heterocycles. The Morgan fingerprint density at radius 3 is 2.38 bits per heavy atom. The number of amides is 1. The molecule has 6 nitrogen and oxygen atoms in total. The van der Waals surface area contributed by atoms with Crippen molar-refractivity contribution in [2.45, 2.75) is 33.0 Å². The maximum absolute atomic E-state index is 13.0. The van der Waals surface area contributed by atoms with Gasteiger partial charge in [-0.05, 0) is 50.1 Å². The Bertz CT molecular complexity index is 1130. The Morgan fingerprint density at radius 1 is 1.06 bits per heavy atom. The summed E-state index contributed by atoms with van der Waals surface area (Å²) in [5.41, 5.74) is 4.42. The van der Waals surface area contributed by atoms with E-state index in [1.54, 1.807) is 26.6 Å². The highest BCUT2D eigenvalue weighted by Gasteiger charge is 2.25. The van der Waals surface area contributed by atoms with Crippen molar-refractivity contribution in [2.24, 2.45) is 0 Å². The molecule has 0 saturated carbocycles. The fraction of sp³-hybridized carbons (Fsp3) is 0.346. The van der Waals surface area contributed by atoms with E-state index < -0.39 is 0 Å². The van der Waals surface area contributed by atoms with Crippen LogP contribution in [0.4, 0.5) is 0 Å². The van der Waals surface area contributed by atoms with Gasteiger partial charge < -0.3 is 23.5 Å². The van der Waals surface area contributed by atoms with E-state index in [0.717, 1.165) is 39.0 Å². The second kappa shape index (κ2) is 9.09. The Labute approximate surface area is 188 Å². The fourth-order valence-electron chi connectivity index (χ4n) is 4.24. The third-order valence-corrected chi connectivity index (χ3v) is 5.79. The van der Waals surface area contributed by atoms with E-state index in [1.165, 1.54) is 0 Å². The predicted octanol–water partition coefficient (Wildman–Crippen LogP) is 5.16. The molecule has 4 rings (SSSR count). The lowest BCUT2D eigenvalue weighted by Crippen LogP contribution is -2.47. The highest BCUT2D eigenvalue weighted by atomic mass is 16.5. The van der Waals surface area contributed by atoms with Crippen LogP contribution in [0, 0.1) is 0 Å². The van der Waals surface area contributed by atoms with Crippen LogP contribution in [0.2, 0.25) is 0 Å². The largest absolute Gasteiger partial charge is 0.497 e. The minimum atomic E-state index is -0.0192. The first-order valence-corrected chi connectivity index (χ1v) is 10.8. The topological polar surface area (TPSA) is 61.1 Å². The quantitative estimate of drug-likeness (QED) is 0.518. The van der Waals surface area contributed by atoms with Gasteiger partial charge in [-0.1, -0.05) is 12.1 Å². The summed E-state index contributed by atoms with van der Waals surface area (Å²) >= 11 is 0. The monoisotopic (exact) mass is 435 g/mol. The summed E-state index contributed by atoms with van der Waals surface area (Å²) in [6.07, 6.45) is 3.48. The maximum Gasteiger partial charge on any atom is 0.247 e. The zero-order chi connectivity index (χ0) is 22.8. The van der Waals surface area contributed by atoms with Crippen LogP contribution in [0.15, 0.2) is 53.2 Å². The van der Waals surface area contributed by atoms with Gasteiger partial charge in [0.15, 0.2) is 0 Å². The van der Waals surface area contributed by atoms with Crippen LogP contribution in [-0.4, -0.2) is 50.3 Å². The summed E-state index contributed by atoms with van der Waals surface area (Å²) in [5.74, 6) is 1.44. The minimum absolute atomic E-state index is 0.0192. The van der Waals surface area contributed by atoms with Gasteiger partial charge in [0.1, 0.15) is 17.1 Å². The van der Waals surface area contributed by atoms with Crippen LogP contribution >= 0.6 is 0 Å². The molecule has 168 valence electrons. The lowest BCUT2D eigenvalue weighted by atomic mass is 9.99. The summed E-state index contributed by atoms with van der Waals surface area (Å²) in [5, 5.41) is 0.958. The smallest absolute Gasteiger partial charge is 0.247 e. The molecular formula is C26H29NO5. The van der Waals surface area contributed by atoms with E-state index in [9.17, 15) is 4.79 Å². The maximum atomic E-state index is 13.0. The number of furan rings is 1. The predicted molar refractivity (Wildman–Crippen MR) is 125 cm³/mol. The lowest BCUT2D eigenvalue weighted by molar-refractivity contribution is -0.137. The number of methoxy groups -OCH3 is 2. The lowest BCUT2D eigenvalue weighted by Gasteiger charge is -2.34. The van der Waals surface area contributed by atoms with Gasteiger partial charge in [0.05, 0.1) is 32.7 Å². The molecule has 32 heavy (non-hydrogen) atoms. The first-order valence-electron chi connectivity index (χ1n) is 10.8. The first kappa shape index (κ1) is 22.0. The number of benzene rings is 2. The third-order valence-electron chi connectivity index (χ3n) is 5.79. The van der Waals surface area contributed by atoms with E-state index in [-0.39, 0.29) is 18.1 Å². The molecule has 0 spiro atoms. The van der Waals surface area contributed by atoms with Crippen LogP contribution in [-0.2, 0) is 9.53 Å². The number of hydrogen-bond donors (Lipinski definition) is 0. The van der Waals surface area contributed by atoms with E-state index in [0.29, 0.717) is 18.8 Å². The molecule has 2 aromatic carbocycles. The number of morpholine rings is 1. The zero-order valence-electron chi connectivity index (χ0n) is 19.2. The van der Waals surface area contributed by atoms with Gasteiger partial charge in [0.2, 0.25) is 5.91 Å². The normalized spacial score (nSPS) is 19.3. The minimum Gasteiger partial charge on any atom is -0.497 e. The molecule has 1 aliphatic rings. The molecule has 0 N–H and O–H groups in total. The van der Waals surface area contributed by atoms with Crippen molar-refractivity contribution < 1.29 is 23.4 Å². The molecule has 1 amide bonds. The van der Waals surface area contributed by atoms with Crippen molar-refractivity contribution in [1.82, 2.24) is 4.90 Å². The first-order chi connectivity index (χ1) is 15.4. The van der Waals surface area contributed by atoms with Crippen LogP contribution in [0.1, 0.15) is 26.3 Å². The van der Waals surface area contributed by atoms with Gasteiger partial charge in [-0.2, -0.15) is 0 Å². The van der Waals surface area contributed by atoms with Crippen molar-refractivity contribution in [3.63, 3.8) is 0 Å². The Hall–Kier alpha value is -3.25. The van der Waals surface area contributed by atoms with E-state index in [1.807, 2.05) is 62.1 Å². The number of ether oxygens (including phenoxy) is 3. The number of hydrogen-bond acceptors (Lipinski definition) is 5. The Balaban J connectivity index is 1.70. The highest BCUT2D eigenvalue weighted by Crippen LogP contribution is 2.37. The van der Waals surface area contributed by atoms with Crippen molar-refractivity contribution in [3.8, 4) is 22.6 Å². The standard InChI is InChI=1S/C26H29NO5/c1-16(10-26(28)27-13-17(2)32-18(3)14-27)21-11-22-23(15-31-25(22)12-24(21)30-5)19-6-8-20(29-4)9-7-19/h6-12,15,17-18H,13-14H2,1-5H3/b16-10+. The van der Waals surface area contributed by atoms with Crippen LogP contribution in [0.5, 0.6) is 11.5 Å². The summed E-state index contributed by atoms with van der Waals surface area (Å²) in [6.45, 7) is 7.09. The number of allylic oxidation sites excluding steroid dienone is 1. The number of nitrogens with zero attached hydrogens (tertiary/aromatic N) is 1. The number of carbonyl (C=O) groups excluding carboxylic acids is 1. The third kappa shape index (κ3) is 4.36. The van der Waals surface area contributed by atoms with Gasteiger partial charge >= 0.3 is 0 Å². The summed E-state index contributed by atoms with van der Waals surface area (Å²) in [7, 11) is 3.27. The molecule has 1 fully saturated rings. The number of rotatable bonds is 5. The van der Waals surface area contributed by atoms with Crippen LogP contribution in [0.25, 0.3) is 27.7 Å². The van der Waals surface area contributed by atoms with Crippen molar-refractivity contribution in [3.05, 3.63) is 54.3 Å². The zero-order valence-corrected chi connectivity index (χ0v) is 19.2. The average molecular weight is 436 g/mol. The van der Waals surface area contributed by atoms with Crippen molar-refractivity contribution >= 4 is 22.4 Å². The van der Waals surface area contributed by atoms with Crippen molar-refractivity contribution in [2.75, 3.05) is 27.3 Å². The summed E-state index contributed by atoms with van der Waals surface area (Å²) in [6, 6.07) is 11.7. The average Bonchev–Trinajstić information content (AvgIpc) is 3.20. The molecule has 2 atom stereocenters. The molecular weight excluding hydrogens is 406 g/mol. The molecule has 2 heterocycles. The molecule has 1 aromatic heterocycles. The van der Waals surface area contributed by atoms with Crippen molar-refractivity contribution in [1.29, 1.82) is 0 Å². The van der Waals surface area contributed by atoms with Gasteiger partial charge in [0.25, 0.3) is 0 Å². The molecule has 0 bridgehead atoms. The summed E-state index contributed by atoms with van der Waals surface area (Å²) < 4.78 is 22.4. The molecule has 1 aliphatic heterocycles. The van der Waals surface area contributed by atoms with Crippen LogP contribution in [0.3, 0.4) is 0 Å². The fourth-order valence-corrected chi connectivity index (χ4v) is 4.24. The van der Waals surface area contributed by atoms with E-state index in [2.05, 4.69) is 0 Å². The summed E-state index contributed by atoms with van der Waals surface area (Å²) in [4.78, 5) is 14.8. The van der Waals surface area contributed by atoms with E-state index in [4.69, 9.17) is 18.6 Å². The molecule has 3 aromatic rings.